The molecule has 30 heavy (non-hydrogen) atoms. The van der Waals surface area contributed by atoms with Gasteiger partial charge in [-0.05, 0) is 44.2 Å². The van der Waals surface area contributed by atoms with Crippen molar-refractivity contribution in [3.05, 3.63) is 46.8 Å². The number of rotatable bonds is 3. The van der Waals surface area contributed by atoms with Crippen LogP contribution in [0.1, 0.15) is 80.6 Å². The van der Waals surface area contributed by atoms with E-state index in [0.717, 1.165) is 36.7 Å². The fourth-order valence-electron chi connectivity index (χ4n) is 3.52. The van der Waals surface area contributed by atoms with Crippen molar-refractivity contribution in [2.24, 2.45) is 11.8 Å². The van der Waals surface area contributed by atoms with Crippen molar-refractivity contribution in [2.75, 3.05) is 0 Å². The number of nitrogens with zero attached hydrogens (tertiary/aromatic N) is 1. The van der Waals surface area contributed by atoms with Crippen LogP contribution in [0.15, 0.2) is 41.3 Å². The third-order valence-electron chi connectivity index (χ3n) is 4.70. The van der Waals surface area contributed by atoms with Gasteiger partial charge in [-0.25, -0.2) is 0 Å². The number of ketones is 1. The van der Waals surface area contributed by atoms with Gasteiger partial charge in [0.2, 0.25) is 0 Å². The normalized spacial score (nSPS) is 16.6. The van der Waals surface area contributed by atoms with Crippen molar-refractivity contribution < 1.29 is 37.5 Å². The zero-order valence-electron chi connectivity index (χ0n) is 20.3. The Morgan fingerprint density at radius 3 is 2.17 bits per heavy atom. The Balaban J connectivity index is -0.000000729. The van der Waals surface area contributed by atoms with Crippen LogP contribution < -0.4 is 5.43 Å². The Labute approximate surface area is 211 Å². The topological polar surface area (TPSA) is 39.1 Å². The molecule has 2 atom stereocenters. The number of benzene rings is 1. The van der Waals surface area contributed by atoms with Crippen LogP contribution in [0.4, 0.5) is 0 Å². The third-order valence-corrected chi connectivity index (χ3v) is 4.70. The first-order chi connectivity index (χ1) is 13.6. The van der Waals surface area contributed by atoms with Gasteiger partial charge in [0.1, 0.15) is 5.78 Å². The number of pyridine rings is 1. The zero-order valence-corrected chi connectivity index (χ0v) is 23.1. The van der Waals surface area contributed by atoms with Gasteiger partial charge >= 0.3 is 0 Å². The molecule has 1 aliphatic rings. The van der Waals surface area contributed by atoms with E-state index in [9.17, 15) is 9.59 Å². The molecule has 0 spiro atoms. The Bertz CT molecular complexity index is 745. The van der Waals surface area contributed by atoms with Crippen LogP contribution in [0.25, 0.3) is 10.9 Å². The second-order valence-electron chi connectivity index (χ2n) is 6.90. The molecule has 1 aromatic carbocycles. The first-order valence-electron chi connectivity index (χ1n) is 11.1. The van der Waals surface area contributed by atoms with E-state index in [1.807, 2.05) is 58.2 Å². The standard InChI is InChI=1S/C18H21NO2.C3H8.2C2H6.B.Y/c1-13(20)15-6-4-5-14(11-15)12-19-10-9-18(21)16-7-2-3-8-17(16)19;1-3-2;2*1-2;;/h2-3,7-10,14-15H,4-6,11-12H2,1H3;3H2,1-2H3;2*1-2H3;;. The Morgan fingerprint density at radius 2 is 1.60 bits per heavy atom. The van der Waals surface area contributed by atoms with Crippen LogP contribution in [0.3, 0.4) is 0 Å². The molecule has 1 fully saturated rings. The average molecular weight is 487 g/mol. The number of para-hydroxylation sites is 1. The van der Waals surface area contributed by atoms with Crippen molar-refractivity contribution in [2.45, 2.75) is 87.1 Å². The molecule has 0 aliphatic heterocycles. The molecule has 0 bridgehead atoms. The molecule has 1 aliphatic carbocycles. The predicted molar refractivity (Wildman–Crippen MR) is 129 cm³/mol. The maximum Gasteiger partial charge on any atom is 0.189 e. The van der Waals surface area contributed by atoms with Crippen molar-refractivity contribution in [3.8, 4) is 0 Å². The van der Waals surface area contributed by atoms with Crippen LogP contribution in [0, 0.1) is 11.8 Å². The molecule has 1 saturated carbocycles. The summed E-state index contributed by atoms with van der Waals surface area (Å²) in [7, 11) is 0. The Kier molecular flexibility index (Phi) is 22.8. The molecule has 2 unspecified atom stereocenters. The van der Waals surface area contributed by atoms with Gasteiger partial charge < -0.3 is 4.57 Å². The van der Waals surface area contributed by atoms with Gasteiger partial charge in [0, 0.05) is 71.2 Å². The second-order valence-corrected chi connectivity index (χ2v) is 6.90. The molecule has 1 heterocycles. The van der Waals surface area contributed by atoms with Crippen LogP contribution in [-0.4, -0.2) is 18.8 Å². The molecule has 0 saturated heterocycles. The number of carbonyl (C=O) groups excluding carboxylic acids is 1. The maximum atomic E-state index is 11.9. The van der Waals surface area contributed by atoms with Gasteiger partial charge in [-0.3, -0.25) is 9.59 Å². The summed E-state index contributed by atoms with van der Waals surface area (Å²) in [6.07, 6.45) is 7.46. The number of aromatic nitrogens is 1. The molecule has 1 aromatic heterocycles. The SMILES string of the molecule is CC.CC.CC(=O)C1CCCC(Cn2ccc(=O)c3ccccc32)C1.CCC.[B].[Y]. The van der Waals surface area contributed by atoms with E-state index >= 15 is 0 Å². The van der Waals surface area contributed by atoms with E-state index in [1.54, 1.807) is 13.0 Å². The molecule has 2 aromatic rings. The third kappa shape index (κ3) is 11.0. The summed E-state index contributed by atoms with van der Waals surface area (Å²) in [5, 5.41) is 0.777. The summed E-state index contributed by atoms with van der Waals surface area (Å²) in [6.45, 7) is 14.9. The van der Waals surface area contributed by atoms with Gasteiger partial charge in [0.05, 0.1) is 5.52 Å². The monoisotopic (exact) mass is 487 g/mol. The molecular weight excluding hydrogens is 446 g/mol. The van der Waals surface area contributed by atoms with Crippen LogP contribution >= 0.6 is 0 Å². The van der Waals surface area contributed by atoms with E-state index < -0.39 is 0 Å². The summed E-state index contributed by atoms with van der Waals surface area (Å²) in [4.78, 5) is 23.5. The second kappa shape index (κ2) is 20.2. The first-order valence-corrected chi connectivity index (χ1v) is 11.1. The zero-order chi connectivity index (χ0) is 21.5. The van der Waals surface area contributed by atoms with Crippen LogP contribution in [0.5, 0.6) is 0 Å². The van der Waals surface area contributed by atoms with Gasteiger partial charge in [0.25, 0.3) is 0 Å². The van der Waals surface area contributed by atoms with E-state index in [-0.39, 0.29) is 52.5 Å². The fraction of sp³-hybridized carbons (Fsp3) is 0.600. The van der Waals surface area contributed by atoms with Crippen LogP contribution in [-0.2, 0) is 44.0 Å². The van der Waals surface area contributed by atoms with E-state index in [4.69, 9.17) is 0 Å². The smallest absolute Gasteiger partial charge is 0.189 e. The number of fused-ring (bicyclic) bond motifs is 1. The summed E-state index contributed by atoms with van der Waals surface area (Å²) in [6, 6.07) is 9.40. The quantitative estimate of drug-likeness (QED) is 0.465. The maximum absolute atomic E-state index is 11.9. The fourth-order valence-corrected chi connectivity index (χ4v) is 3.52. The summed E-state index contributed by atoms with van der Waals surface area (Å²) < 4.78 is 2.17. The van der Waals surface area contributed by atoms with Crippen molar-refractivity contribution >= 4 is 25.1 Å². The predicted octanol–water partition coefficient (Wildman–Crippen LogP) is 6.48. The largest absolute Gasteiger partial charge is 0.347 e. The van der Waals surface area contributed by atoms with Gasteiger partial charge in [-0.15, -0.1) is 0 Å². The van der Waals surface area contributed by atoms with Gasteiger partial charge in [-0.1, -0.05) is 66.5 Å². The minimum atomic E-state index is 0. The van der Waals surface area contributed by atoms with E-state index in [2.05, 4.69) is 18.4 Å². The number of hydrogen-bond acceptors (Lipinski definition) is 2. The molecule has 3 nitrogen and oxygen atoms in total. The molecule has 4 radical (unpaired) electrons. The van der Waals surface area contributed by atoms with Crippen LogP contribution in [0.2, 0.25) is 0 Å². The van der Waals surface area contributed by atoms with Gasteiger partial charge in [-0.2, -0.15) is 0 Å². The van der Waals surface area contributed by atoms with Gasteiger partial charge in [0.15, 0.2) is 5.43 Å². The van der Waals surface area contributed by atoms with Crippen molar-refractivity contribution in [3.63, 3.8) is 0 Å². The average Bonchev–Trinajstić information content (AvgIpc) is 2.74. The molecule has 0 N–H and O–H groups in total. The molecule has 0 amide bonds. The molecular formula is C25H41BNO2Y. The molecule has 3 rings (SSSR count). The van der Waals surface area contributed by atoms with Crippen molar-refractivity contribution in [1.29, 1.82) is 0 Å². The Hall–Kier alpha value is -0.731. The van der Waals surface area contributed by atoms with E-state index in [1.165, 1.54) is 12.8 Å². The number of Topliss-reactive ketones (excluding diaryl/α,β-unsaturated/α-hetero) is 1. The minimum Gasteiger partial charge on any atom is -0.347 e. The summed E-state index contributed by atoms with van der Waals surface area (Å²) >= 11 is 0. The summed E-state index contributed by atoms with van der Waals surface area (Å²) in [5.74, 6) is 1.08. The molecule has 164 valence electrons. The first kappa shape index (κ1) is 33.9. The van der Waals surface area contributed by atoms with Crippen molar-refractivity contribution in [1.82, 2.24) is 4.57 Å². The minimum absolute atomic E-state index is 0. The Morgan fingerprint density at radius 1 is 1.03 bits per heavy atom. The molecule has 5 heteroatoms. The summed E-state index contributed by atoms with van der Waals surface area (Å²) in [5.41, 5.74) is 1.07. The number of hydrogen-bond donors (Lipinski definition) is 0. The number of carbonyl (C=O) groups is 1. The van der Waals surface area contributed by atoms with E-state index in [0.29, 0.717) is 11.7 Å².